The summed E-state index contributed by atoms with van der Waals surface area (Å²) in [6, 6.07) is 10.9. The summed E-state index contributed by atoms with van der Waals surface area (Å²) >= 11 is 0. The number of fused-ring (bicyclic) bond motifs is 1. The minimum atomic E-state index is -4.34. The molecule has 0 atom stereocenters. The quantitative estimate of drug-likeness (QED) is 0.375. The number of halogens is 3. The van der Waals surface area contributed by atoms with E-state index in [9.17, 15) is 22.8 Å². The highest BCUT2D eigenvalue weighted by atomic mass is 19.4. The van der Waals surface area contributed by atoms with Crippen molar-refractivity contribution in [2.75, 3.05) is 18.4 Å². The number of carbonyl (C=O) groups excluding carboxylic acids is 2. The molecule has 0 radical (unpaired) electrons. The van der Waals surface area contributed by atoms with Crippen molar-refractivity contribution in [3.05, 3.63) is 59.8 Å². The number of rotatable bonds is 5. The third-order valence-electron chi connectivity index (χ3n) is 7.29. The first-order valence-corrected chi connectivity index (χ1v) is 12.9. The minimum absolute atomic E-state index is 0.0422. The molecule has 1 saturated carbocycles. The number of alkyl halides is 3. The highest BCUT2D eigenvalue weighted by molar-refractivity contribution is 6.04. The fourth-order valence-corrected chi connectivity index (χ4v) is 5.02. The van der Waals surface area contributed by atoms with E-state index in [-0.39, 0.29) is 31.0 Å². The Morgan fingerprint density at radius 3 is 2.33 bits per heavy atom. The minimum Gasteiger partial charge on any atom is -0.490 e. The molecule has 1 aliphatic carbocycles. The van der Waals surface area contributed by atoms with Gasteiger partial charge in [-0.05, 0) is 82.3 Å². The smallest absolute Gasteiger partial charge is 0.416 e. The highest BCUT2D eigenvalue weighted by Crippen LogP contribution is 2.41. The second-order valence-electron chi connectivity index (χ2n) is 11.8. The molecule has 7 nitrogen and oxygen atoms in total. The first-order chi connectivity index (χ1) is 18.2. The van der Waals surface area contributed by atoms with Crippen molar-refractivity contribution in [2.45, 2.75) is 64.3 Å². The lowest BCUT2D eigenvalue weighted by molar-refractivity contribution is -0.137. The summed E-state index contributed by atoms with van der Waals surface area (Å²) < 4.78 is 50.0. The summed E-state index contributed by atoms with van der Waals surface area (Å²) in [7, 11) is 0. The van der Waals surface area contributed by atoms with E-state index >= 15 is 0 Å². The fourth-order valence-electron chi connectivity index (χ4n) is 5.02. The molecule has 2 fully saturated rings. The van der Waals surface area contributed by atoms with Crippen LogP contribution in [0.2, 0.25) is 0 Å². The van der Waals surface area contributed by atoms with Crippen LogP contribution in [0.3, 0.4) is 0 Å². The summed E-state index contributed by atoms with van der Waals surface area (Å²) in [5.74, 6) is 0.624. The number of hydrogen-bond donors (Lipinski definition) is 2. The van der Waals surface area contributed by atoms with E-state index in [1.54, 1.807) is 39.1 Å². The molecule has 0 unspecified atom stereocenters. The number of likely N-dealkylation sites (tertiary alicyclic amines) is 1. The highest BCUT2D eigenvalue weighted by Gasteiger charge is 2.48. The van der Waals surface area contributed by atoms with Crippen molar-refractivity contribution >= 4 is 28.6 Å². The van der Waals surface area contributed by atoms with E-state index in [4.69, 9.17) is 9.47 Å². The van der Waals surface area contributed by atoms with Crippen molar-refractivity contribution in [2.24, 2.45) is 5.41 Å². The third kappa shape index (κ3) is 5.69. The van der Waals surface area contributed by atoms with Crippen molar-refractivity contribution in [3.63, 3.8) is 0 Å². The van der Waals surface area contributed by atoms with Gasteiger partial charge in [-0.25, -0.2) is 4.79 Å². The van der Waals surface area contributed by atoms with Crippen LogP contribution in [-0.2, 0) is 15.7 Å². The van der Waals surface area contributed by atoms with Gasteiger partial charge in [0.1, 0.15) is 11.4 Å². The average molecular weight is 544 g/mol. The molecule has 5 rings (SSSR count). The number of anilines is 1. The van der Waals surface area contributed by atoms with Gasteiger partial charge in [0.25, 0.3) is 0 Å². The zero-order valence-electron chi connectivity index (χ0n) is 22.3. The lowest BCUT2D eigenvalue weighted by atomic mass is 9.77. The number of nitrogens with zero attached hydrogens (tertiary/aromatic N) is 1. The number of nitrogens with one attached hydrogen (secondary N) is 2. The molecule has 1 saturated heterocycles. The second-order valence-corrected chi connectivity index (χ2v) is 11.8. The summed E-state index contributed by atoms with van der Waals surface area (Å²) in [5, 5.41) is 3.78. The predicted octanol–water partition coefficient (Wildman–Crippen LogP) is 6.71. The molecule has 0 spiro atoms. The van der Waals surface area contributed by atoms with Gasteiger partial charge in [-0.3, -0.25) is 4.79 Å². The number of aromatic nitrogens is 1. The Hall–Kier alpha value is -3.69. The fraction of sp³-hybridized carbons (Fsp3) is 0.448. The van der Waals surface area contributed by atoms with Crippen molar-refractivity contribution in [1.82, 2.24) is 9.88 Å². The summed E-state index contributed by atoms with van der Waals surface area (Å²) in [4.78, 5) is 30.0. The van der Waals surface area contributed by atoms with Crippen molar-refractivity contribution < 1.29 is 32.2 Å². The van der Waals surface area contributed by atoms with Gasteiger partial charge < -0.3 is 24.7 Å². The number of amides is 2. The molecule has 10 heteroatoms. The molecule has 2 aliphatic rings. The number of benzene rings is 2. The maximum absolute atomic E-state index is 13.1. The van der Waals surface area contributed by atoms with Gasteiger partial charge in [-0.2, -0.15) is 13.2 Å². The van der Waals surface area contributed by atoms with Gasteiger partial charge >= 0.3 is 12.3 Å². The molecule has 2 heterocycles. The molecule has 3 aromatic rings. The molecule has 2 aromatic carbocycles. The van der Waals surface area contributed by atoms with Crippen LogP contribution in [-0.4, -0.2) is 46.7 Å². The molecule has 208 valence electrons. The van der Waals surface area contributed by atoms with Crippen molar-refractivity contribution in [1.29, 1.82) is 0 Å². The molecular weight excluding hydrogens is 511 g/mol. The van der Waals surface area contributed by atoms with E-state index in [0.717, 1.165) is 28.6 Å². The number of ether oxygens (including phenoxy) is 2. The number of H-pyrrole nitrogens is 1. The maximum Gasteiger partial charge on any atom is 0.416 e. The Kier molecular flexibility index (Phi) is 6.55. The van der Waals surface area contributed by atoms with Gasteiger partial charge in [-0.1, -0.05) is 12.1 Å². The topological polar surface area (TPSA) is 83.7 Å². The molecule has 2 amide bonds. The third-order valence-corrected chi connectivity index (χ3v) is 7.29. The van der Waals surface area contributed by atoms with Crippen LogP contribution >= 0.6 is 0 Å². The van der Waals surface area contributed by atoms with Crippen LogP contribution in [0.4, 0.5) is 23.7 Å². The molecule has 1 aliphatic heterocycles. The molecule has 0 bridgehead atoms. The average Bonchev–Trinajstić information content (AvgIpc) is 3.19. The molecule has 39 heavy (non-hydrogen) atoms. The van der Waals surface area contributed by atoms with Gasteiger partial charge in [0.2, 0.25) is 5.91 Å². The lowest BCUT2D eigenvalue weighted by Gasteiger charge is -2.46. The van der Waals surface area contributed by atoms with E-state index < -0.39 is 28.8 Å². The Labute approximate surface area is 224 Å². The van der Waals surface area contributed by atoms with Crippen LogP contribution in [0.15, 0.2) is 48.7 Å². The standard InChI is InChI=1S/C29H32F3N3O4/c1-27(2,3)39-26(37)35-15-28(4,16-35)25(36)34-24-14-33-23-10-9-20(13-22(23)24)38-21-11-18(12-21)17-5-7-19(8-6-17)29(30,31)32/h5-10,13-14,18,21,33H,11-12,15-16H2,1-4H3,(H,34,36). The van der Waals surface area contributed by atoms with Gasteiger partial charge in [0, 0.05) is 30.2 Å². The van der Waals surface area contributed by atoms with Crippen LogP contribution < -0.4 is 10.1 Å². The van der Waals surface area contributed by atoms with E-state index in [2.05, 4.69) is 10.3 Å². The largest absolute Gasteiger partial charge is 0.490 e. The monoisotopic (exact) mass is 543 g/mol. The molecule has 1 aromatic heterocycles. The number of aromatic amines is 1. The number of carbonyl (C=O) groups is 2. The van der Waals surface area contributed by atoms with Crippen LogP contribution in [0.25, 0.3) is 10.9 Å². The SMILES string of the molecule is CC(C)(C)OC(=O)N1CC(C)(C(=O)Nc2c[nH]c3ccc(OC4CC(c5ccc(C(F)(F)F)cc5)C4)cc23)C1. The molecular formula is C29H32F3N3O4. The lowest BCUT2D eigenvalue weighted by Crippen LogP contribution is -2.62. The Morgan fingerprint density at radius 1 is 1.05 bits per heavy atom. The van der Waals surface area contributed by atoms with E-state index in [1.807, 2.05) is 25.1 Å². The zero-order valence-corrected chi connectivity index (χ0v) is 22.3. The van der Waals surface area contributed by atoms with Crippen LogP contribution in [0.1, 0.15) is 57.6 Å². The summed E-state index contributed by atoms with van der Waals surface area (Å²) in [6.07, 6.45) is -1.66. The van der Waals surface area contributed by atoms with Gasteiger partial charge in [0.15, 0.2) is 0 Å². The number of hydrogen-bond acceptors (Lipinski definition) is 4. The van der Waals surface area contributed by atoms with E-state index in [0.29, 0.717) is 24.3 Å². The Balaban J connectivity index is 1.17. The summed E-state index contributed by atoms with van der Waals surface area (Å²) in [5.41, 5.74) is 0.360. The Morgan fingerprint density at radius 2 is 1.72 bits per heavy atom. The van der Waals surface area contributed by atoms with Gasteiger partial charge in [0.05, 0.1) is 22.8 Å². The Bertz CT molecular complexity index is 1380. The van der Waals surface area contributed by atoms with E-state index in [1.165, 1.54) is 4.90 Å². The van der Waals surface area contributed by atoms with Crippen LogP contribution in [0.5, 0.6) is 5.75 Å². The first-order valence-electron chi connectivity index (χ1n) is 12.9. The zero-order chi connectivity index (χ0) is 28.2. The predicted molar refractivity (Wildman–Crippen MR) is 141 cm³/mol. The molecule has 2 N–H and O–H groups in total. The first kappa shape index (κ1) is 26.9. The van der Waals surface area contributed by atoms with Crippen molar-refractivity contribution in [3.8, 4) is 5.75 Å². The normalized spacial score (nSPS) is 20.6. The maximum atomic E-state index is 13.1. The van der Waals surface area contributed by atoms with Gasteiger partial charge in [-0.15, -0.1) is 0 Å². The second kappa shape index (κ2) is 9.50. The summed E-state index contributed by atoms with van der Waals surface area (Å²) in [6.45, 7) is 7.76. The van der Waals surface area contributed by atoms with Crippen LogP contribution in [0, 0.1) is 5.41 Å².